The number of amides is 5. The first-order valence-corrected chi connectivity index (χ1v) is 18.2. The second-order valence-electron chi connectivity index (χ2n) is 14.2. The average Bonchev–Trinajstić information content (AvgIpc) is 3.62. The molecular formula is C39H48N8O10. The number of hydrogen-bond donors (Lipinski definition) is 10. The molecule has 0 unspecified atom stereocenters. The summed E-state index contributed by atoms with van der Waals surface area (Å²) in [6.45, 7) is 6.64. The van der Waals surface area contributed by atoms with Gasteiger partial charge in [0.15, 0.2) is 11.9 Å². The first-order valence-electron chi connectivity index (χ1n) is 18.2. The Morgan fingerprint density at radius 2 is 1.56 bits per heavy atom. The van der Waals surface area contributed by atoms with Gasteiger partial charge in [-0.25, -0.2) is 4.79 Å². The highest BCUT2D eigenvalue weighted by Crippen LogP contribution is 2.22. The number of aliphatic hydroxyl groups is 1. The zero-order valence-corrected chi connectivity index (χ0v) is 31.8. The molecule has 0 fully saturated rings. The molecule has 5 atom stereocenters. The molecule has 0 radical (unpaired) electrons. The van der Waals surface area contributed by atoms with Crippen molar-refractivity contribution >= 4 is 35.2 Å². The lowest BCUT2D eigenvalue weighted by atomic mass is 9.97. The zero-order valence-electron chi connectivity index (χ0n) is 31.8. The number of phenolic OH excluding ortho intramolecular Hbond substituents is 2. The number of H-pyrrole nitrogens is 1. The number of phenols is 2. The van der Waals surface area contributed by atoms with Crippen molar-refractivity contribution in [2.45, 2.75) is 70.8 Å². The molecule has 18 heteroatoms. The molecule has 0 saturated heterocycles. The molecule has 11 N–H and O–H groups in total. The molecule has 3 aromatic carbocycles. The normalized spacial score (nSPS) is 13.8. The van der Waals surface area contributed by atoms with Gasteiger partial charge in [-0.15, -0.1) is 0 Å². The monoisotopic (exact) mass is 788 g/mol. The number of aliphatic hydroxyl groups excluding tert-OH is 1. The molecule has 57 heavy (non-hydrogen) atoms. The number of nitrogens with two attached hydrogens (primary N) is 1. The predicted octanol–water partition coefficient (Wildman–Crippen LogP) is 0.897. The summed E-state index contributed by atoms with van der Waals surface area (Å²) >= 11 is 0. The maximum absolute atomic E-state index is 13.9. The summed E-state index contributed by atoms with van der Waals surface area (Å²) in [4.78, 5) is 80.6. The summed E-state index contributed by atoms with van der Waals surface area (Å²) in [7, 11) is 0. The lowest BCUT2D eigenvalue weighted by Crippen LogP contribution is -2.60. The Bertz CT molecular complexity index is 2080. The number of carbonyl (C=O) groups is 5. The van der Waals surface area contributed by atoms with Gasteiger partial charge < -0.3 is 47.6 Å². The van der Waals surface area contributed by atoms with Gasteiger partial charge in [-0.1, -0.05) is 75.3 Å². The number of aromatic hydroxyl groups is 2. The summed E-state index contributed by atoms with van der Waals surface area (Å²) in [5, 5.41) is 47.7. The lowest BCUT2D eigenvalue weighted by Gasteiger charge is -2.29. The molecule has 304 valence electrons. The highest BCUT2D eigenvalue weighted by Gasteiger charge is 2.34. The van der Waals surface area contributed by atoms with Gasteiger partial charge in [-0.05, 0) is 60.6 Å². The van der Waals surface area contributed by atoms with Crippen molar-refractivity contribution in [2.75, 3.05) is 11.9 Å². The van der Waals surface area contributed by atoms with E-state index in [-0.39, 0.29) is 48.1 Å². The van der Waals surface area contributed by atoms with Gasteiger partial charge in [0.1, 0.15) is 29.6 Å². The van der Waals surface area contributed by atoms with Crippen LogP contribution in [0.1, 0.15) is 50.0 Å². The summed E-state index contributed by atoms with van der Waals surface area (Å²) < 4.78 is 4.55. The van der Waals surface area contributed by atoms with Crippen LogP contribution in [0.4, 0.5) is 5.69 Å². The Morgan fingerprint density at radius 1 is 0.842 bits per heavy atom. The third kappa shape index (κ3) is 12.5. The fraction of sp³-hybridized carbons (Fsp3) is 0.359. The third-order valence-corrected chi connectivity index (χ3v) is 8.75. The first-order chi connectivity index (χ1) is 27.0. The van der Waals surface area contributed by atoms with E-state index in [4.69, 9.17) is 5.73 Å². The van der Waals surface area contributed by atoms with Crippen LogP contribution in [0.3, 0.4) is 0 Å². The molecule has 0 aliphatic rings. The van der Waals surface area contributed by atoms with E-state index in [0.717, 1.165) is 12.1 Å². The lowest BCUT2D eigenvalue weighted by molar-refractivity contribution is -0.134. The fourth-order valence-electron chi connectivity index (χ4n) is 5.75. The number of carbonyl (C=O) groups excluding carboxylic acids is 5. The molecule has 4 rings (SSSR count). The topological polar surface area (TPSA) is 291 Å². The van der Waals surface area contributed by atoms with Crippen molar-refractivity contribution in [2.24, 2.45) is 17.6 Å². The van der Waals surface area contributed by atoms with E-state index in [2.05, 4.69) is 41.2 Å². The molecule has 0 spiro atoms. The Morgan fingerprint density at radius 3 is 2.21 bits per heavy atom. The van der Waals surface area contributed by atoms with Gasteiger partial charge in [-0.2, -0.15) is 0 Å². The molecule has 4 aromatic rings. The van der Waals surface area contributed by atoms with Crippen LogP contribution in [0.5, 0.6) is 11.5 Å². The smallest absolute Gasteiger partial charge is 0.439 e. The maximum Gasteiger partial charge on any atom is 0.439 e. The van der Waals surface area contributed by atoms with E-state index in [1.165, 1.54) is 12.1 Å². The Labute approximate surface area is 327 Å². The fourth-order valence-corrected chi connectivity index (χ4v) is 5.75. The van der Waals surface area contributed by atoms with E-state index in [1.807, 2.05) is 13.8 Å². The van der Waals surface area contributed by atoms with E-state index in [1.54, 1.807) is 62.4 Å². The minimum absolute atomic E-state index is 0.0356. The van der Waals surface area contributed by atoms with E-state index in [0.29, 0.717) is 11.1 Å². The van der Waals surface area contributed by atoms with Crippen LogP contribution in [0.2, 0.25) is 0 Å². The van der Waals surface area contributed by atoms with Crippen molar-refractivity contribution in [1.82, 2.24) is 31.4 Å². The quantitative estimate of drug-likeness (QED) is 0.0630. The van der Waals surface area contributed by atoms with Gasteiger partial charge in [0.25, 0.3) is 11.8 Å². The van der Waals surface area contributed by atoms with Crippen LogP contribution in [-0.4, -0.2) is 91.8 Å². The molecule has 5 amide bonds. The average molecular weight is 789 g/mol. The molecule has 0 saturated carbocycles. The molecule has 1 heterocycles. The standard InChI is InChI=1S/C39H48N8O10/c1-20(2)15-29(44-37(54)31(21(3)4)45-35(52)27(40)19-41-34(51)26-18-25(48)13-14-30(26)49)36(53)43-28(16-22-9-6-5-7-10-22)32(50)38(55)42-24-12-8-11-23(17-24)33-46-39(56)57-47-33/h5-14,17-18,20-21,27-29,31-32,48-50H,15-16,19,40H2,1-4H3,(H,41,51)(H,42,55)(H,43,53)(H,44,54)(H,45,52)(H,46,47,56)/t27-,28-,29-,31-,32+/m0/s1. The van der Waals surface area contributed by atoms with Crippen LogP contribution in [0.25, 0.3) is 11.4 Å². The van der Waals surface area contributed by atoms with E-state index < -0.39 is 77.2 Å². The van der Waals surface area contributed by atoms with Gasteiger partial charge >= 0.3 is 5.76 Å². The van der Waals surface area contributed by atoms with Crippen molar-refractivity contribution in [1.29, 1.82) is 0 Å². The number of benzene rings is 3. The Balaban J connectivity index is 1.45. The van der Waals surface area contributed by atoms with Crippen molar-refractivity contribution < 1.29 is 43.8 Å². The number of aromatic nitrogens is 2. The largest absolute Gasteiger partial charge is 0.508 e. The van der Waals surface area contributed by atoms with Crippen LogP contribution in [0, 0.1) is 11.8 Å². The minimum atomic E-state index is -1.78. The van der Waals surface area contributed by atoms with Gasteiger partial charge in [-0.3, -0.25) is 33.5 Å². The van der Waals surface area contributed by atoms with Crippen LogP contribution in [-0.2, 0) is 25.6 Å². The molecule has 0 bridgehead atoms. The van der Waals surface area contributed by atoms with Crippen LogP contribution < -0.4 is 38.1 Å². The zero-order chi connectivity index (χ0) is 41.8. The summed E-state index contributed by atoms with van der Waals surface area (Å²) in [6, 6.07) is 13.7. The van der Waals surface area contributed by atoms with E-state index >= 15 is 0 Å². The summed E-state index contributed by atoms with van der Waals surface area (Å²) in [5.41, 5.74) is 7.17. The van der Waals surface area contributed by atoms with Gasteiger partial charge in [0.05, 0.1) is 11.6 Å². The Kier molecular flexibility index (Phi) is 15.1. The second kappa shape index (κ2) is 19.9. The van der Waals surface area contributed by atoms with E-state index in [9.17, 15) is 44.1 Å². The summed E-state index contributed by atoms with van der Waals surface area (Å²) in [6.07, 6.45) is -1.59. The minimum Gasteiger partial charge on any atom is -0.508 e. The van der Waals surface area contributed by atoms with Crippen LogP contribution in [0.15, 0.2) is 82.1 Å². The molecular weight excluding hydrogens is 740 g/mol. The third-order valence-electron chi connectivity index (χ3n) is 8.75. The highest BCUT2D eigenvalue weighted by molar-refractivity contribution is 5.98. The number of nitrogens with one attached hydrogen (secondary N) is 6. The number of rotatable bonds is 18. The molecule has 0 aliphatic heterocycles. The van der Waals surface area contributed by atoms with Gasteiger partial charge in [0, 0.05) is 17.8 Å². The van der Waals surface area contributed by atoms with Crippen LogP contribution >= 0.6 is 0 Å². The van der Waals surface area contributed by atoms with Crippen molar-refractivity contribution in [3.05, 3.63) is 94.5 Å². The SMILES string of the molecule is CC(C)C[C@H](NC(=O)[C@@H](NC(=O)[C@@H](N)CNC(=O)c1cc(O)ccc1O)C(C)C)C(=O)N[C@@H](Cc1ccccc1)[C@@H](O)C(=O)Nc1cccc(-c2noc(=O)[nH]2)c1. The summed E-state index contributed by atoms with van der Waals surface area (Å²) in [5.74, 6) is -5.70. The second-order valence-corrected chi connectivity index (χ2v) is 14.2. The predicted molar refractivity (Wildman–Crippen MR) is 208 cm³/mol. The number of anilines is 1. The molecule has 1 aromatic heterocycles. The van der Waals surface area contributed by atoms with Crippen molar-refractivity contribution in [3.63, 3.8) is 0 Å². The molecule has 0 aliphatic carbocycles. The molecule has 18 nitrogen and oxygen atoms in total. The number of nitrogens with zero attached hydrogens (tertiary/aromatic N) is 1. The van der Waals surface area contributed by atoms with Gasteiger partial charge in [0.2, 0.25) is 17.7 Å². The number of hydrogen-bond acceptors (Lipinski definition) is 12. The highest BCUT2D eigenvalue weighted by atomic mass is 16.5. The maximum atomic E-state index is 13.9. The van der Waals surface area contributed by atoms with Crippen molar-refractivity contribution in [3.8, 4) is 22.9 Å². The number of aromatic amines is 1. The Hall–Kier alpha value is -6.53. The first kappa shape index (κ1) is 43.2.